The number of nitrogens with zero attached hydrogens (tertiary/aromatic N) is 1. The lowest BCUT2D eigenvalue weighted by atomic mass is 10.0. The molecule has 1 N–H and O–H groups in total. The molecule has 3 heteroatoms. The number of rotatable bonds is 4. The van der Waals surface area contributed by atoms with E-state index in [4.69, 9.17) is 4.42 Å². The predicted octanol–water partition coefficient (Wildman–Crippen LogP) is 3.75. The summed E-state index contributed by atoms with van der Waals surface area (Å²) in [5, 5.41) is 4.66. The Bertz CT molecular complexity index is 738. The average Bonchev–Trinajstić information content (AvgIpc) is 3.21. The molecule has 1 aromatic carbocycles. The molecule has 0 atom stereocenters. The van der Waals surface area contributed by atoms with Gasteiger partial charge in [0.15, 0.2) is 0 Å². The third-order valence-corrected chi connectivity index (χ3v) is 3.80. The van der Waals surface area contributed by atoms with E-state index in [9.17, 15) is 0 Å². The van der Waals surface area contributed by atoms with Crippen molar-refractivity contribution in [1.29, 1.82) is 0 Å². The number of benzene rings is 1. The minimum Gasteiger partial charge on any atom is -0.467 e. The van der Waals surface area contributed by atoms with Gasteiger partial charge in [0.05, 0.1) is 18.3 Å². The van der Waals surface area contributed by atoms with Crippen molar-refractivity contribution in [3.63, 3.8) is 0 Å². The Hall–Kier alpha value is -2.13. The maximum absolute atomic E-state index is 5.66. The lowest BCUT2D eigenvalue weighted by Gasteiger charge is -2.07. The largest absolute Gasteiger partial charge is 0.467 e. The van der Waals surface area contributed by atoms with E-state index in [0.717, 1.165) is 34.3 Å². The molecule has 0 amide bonds. The number of aromatic nitrogens is 1. The molecule has 1 aliphatic rings. The molecular formula is C17H16N2O. The van der Waals surface area contributed by atoms with Crippen LogP contribution in [0, 0.1) is 0 Å². The second-order valence-corrected chi connectivity index (χ2v) is 5.29. The Labute approximate surface area is 117 Å². The molecule has 2 aromatic heterocycles. The zero-order chi connectivity index (χ0) is 13.4. The molecule has 20 heavy (non-hydrogen) atoms. The fraction of sp³-hybridized carbons (Fsp3) is 0.235. The molecule has 0 radical (unpaired) electrons. The molecule has 4 rings (SSSR count). The van der Waals surface area contributed by atoms with E-state index >= 15 is 0 Å². The summed E-state index contributed by atoms with van der Waals surface area (Å²) in [5.41, 5.74) is 3.32. The van der Waals surface area contributed by atoms with Gasteiger partial charge in [0.1, 0.15) is 5.76 Å². The highest BCUT2D eigenvalue weighted by atomic mass is 16.3. The normalized spacial score (nSPS) is 14.8. The predicted molar refractivity (Wildman–Crippen MR) is 79.3 cm³/mol. The molecule has 0 spiro atoms. The second kappa shape index (κ2) is 4.76. The number of furan rings is 1. The van der Waals surface area contributed by atoms with Gasteiger partial charge in [-0.05, 0) is 25.0 Å². The standard InChI is InChI=1S/C17H16N2O/c1-3-12-4-2-9-18-17(12)15(5-1)14-8-10-20-16(14)11-19-13-6-7-13/h1-5,8-10,13,19H,6-7,11H2. The van der Waals surface area contributed by atoms with Gasteiger partial charge < -0.3 is 9.73 Å². The average molecular weight is 264 g/mol. The molecule has 0 bridgehead atoms. The van der Waals surface area contributed by atoms with Crippen molar-refractivity contribution in [3.05, 3.63) is 54.6 Å². The minimum absolute atomic E-state index is 0.679. The van der Waals surface area contributed by atoms with E-state index in [1.807, 2.05) is 18.3 Å². The van der Waals surface area contributed by atoms with Crippen LogP contribution in [0.1, 0.15) is 18.6 Å². The Morgan fingerprint density at radius 3 is 2.90 bits per heavy atom. The van der Waals surface area contributed by atoms with Gasteiger partial charge in [-0.15, -0.1) is 0 Å². The van der Waals surface area contributed by atoms with Gasteiger partial charge in [0, 0.05) is 28.8 Å². The van der Waals surface area contributed by atoms with Gasteiger partial charge in [0.25, 0.3) is 0 Å². The van der Waals surface area contributed by atoms with E-state index in [1.165, 1.54) is 12.8 Å². The number of hydrogen-bond donors (Lipinski definition) is 1. The first-order valence-corrected chi connectivity index (χ1v) is 7.06. The van der Waals surface area contributed by atoms with Crippen molar-refractivity contribution >= 4 is 10.9 Å². The van der Waals surface area contributed by atoms with Gasteiger partial charge >= 0.3 is 0 Å². The smallest absolute Gasteiger partial charge is 0.125 e. The second-order valence-electron chi connectivity index (χ2n) is 5.29. The Balaban J connectivity index is 1.76. The van der Waals surface area contributed by atoms with Crippen LogP contribution in [-0.4, -0.2) is 11.0 Å². The lowest BCUT2D eigenvalue weighted by Crippen LogP contribution is -2.15. The van der Waals surface area contributed by atoms with E-state index in [2.05, 4.69) is 34.6 Å². The lowest BCUT2D eigenvalue weighted by molar-refractivity contribution is 0.483. The number of nitrogens with one attached hydrogen (secondary N) is 1. The van der Waals surface area contributed by atoms with Crippen molar-refractivity contribution in [2.75, 3.05) is 0 Å². The van der Waals surface area contributed by atoms with Crippen LogP contribution >= 0.6 is 0 Å². The summed E-state index contributed by atoms with van der Waals surface area (Å²) < 4.78 is 5.66. The van der Waals surface area contributed by atoms with Crippen LogP contribution in [0.25, 0.3) is 22.0 Å². The van der Waals surface area contributed by atoms with Crippen molar-refractivity contribution in [3.8, 4) is 11.1 Å². The van der Waals surface area contributed by atoms with Crippen LogP contribution in [0.15, 0.2) is 53.3 Å². The highest BCUT2D eigenvalue weighted by Crippen LogP contribution is 2.31. The Morgan fingerprint density at radius 2 is 2.00 bits per heavy atom. The summed E-state index contributed by atoms with van der Waals surface area (Å²) in [6.45, 7) is 0.788. The topological polar surface area (TPSA) is 38.1 Å². The van der Waals surface area contributed by atoms with Crippen LogP contribution in [-0.2, 0) is 6.54 Å². The number of fused-ring (bicyclic) bond motifs is 1. The fourth-order valence-corrected chi connectivity index (χ4v) is 2.56. The molecule has 3 nitrogen and oxygen atoms in total. The summed E-state index contributed by atoms with van der Waals surface area (Å²) in [6.07, 6.45) is 6.17. The molecule has 2 heterocycles. The molecule has 100 valence electrons. The van der Waals surface area contributed by atoms with Crippen molar-refractivity contribution in [2.45, 2.75) is 25.4 Å². The maximum Gasteiger partial charge on any atom is 0.125 e. The first kappa shape index (κ1) is 11.7. The third kappa shape index (κ3) is 2.10. The molecule has 3 aromatic rings. The SMILES string of the molecule is c1cnc2c(-c3ccoc3CNC3CC3)cccc2c1. The van der Waals surface area contributed by atoms with E-state index < -0.39 is 0 Å². The molecule has 1 aliphatic carbocycles. The van der Waals surface area contributed by atoms with Crippen molar-refractivity contribution in [1.82, 2.24) is 10.3 Å². The van der Waals surface area contributed by atoms with Crippen LogP contribution in [0.3, 0.4) is 0 Å². The first-order chi connectivity index (χ1) is 9.92. The van der Waals surface area contributed by atoms with E-state index in [1.54, 1.807) is 6.26 Å². The Kier molecular flexibility index (Phi) is 2.78. The van der Waals surface area contributed by atoms with Gasteiger partial charge in [-0.25, -0.2) is 0 Å². The minimum atomic E-state index is 0.679. The maximum atomic E-state index is 5.66. The summed E-state index contributed by atoms with van der Waals surface area (Å²) in [4.78, 5) is 4.52. The zero-order valence-electron chi connectivity index (χ0n) is 11.2. The monoisotopic (exact) mass is 264 g/mol. The van der Waals surface area contributed by atoms with Gasteiger partial charge in [0.2, 0.25) is 0 Å². The van der Waals surface area contributed by atoms with Crippen molar-refractivity contribution < 1.29 is 4.42 Å². The molecule has 0 aliphatic heterocycles. The molecule has 1 fully saturated rings. The molecule has 0 unspecified atom stereocenters. The summed E-state index contributed by atoms with van der Waals surface area (Å²) in [6, 6.07) is 13.1. The highest BCUT2D eigenvalue weighted by molar-refractivity contribution is 5.93. The van der Waals surface area contributed by atoms with Crippen LogP contribution < -0.4 is 5.32 Å². The summed E-state index contributed by atoms with van der Waals surface area (Å²) >= 11 is 0. The molecule has 0 saturated heterocycles. The van der Waals surface area contributed by atoms with E-state index in [-0.39, 0.29) is 0 Å². The van der Waals surface area contributed by atoms with Crippen LogP contribution in [0.4, 0.5) is 0 Å². The summed E-state index contributed by atoms with van der Waals surface area (Å²) in [7, 11) is 0. The number of hydrogen-bond acceptors (Lipinski definition) is 3. The molecule has 1 saturated carbocycles. The van der Waals surface area contributed by atoms with Crippen LogP contribution in [0.5, 0.6) is 0 Å². The zero-order valence-corrected chi connectivity index (χ0v) is 11.2. The van der Waals surface area contributed by atoms with Crippen LogP contribution in [0.2, 0.25) is 0 Å². The number of pyridine rings is 1. The van der Waals surface area contributed by atoms with Gasteiger partial charge in [-0.2, -0.15) is 0 Å². The van der Waals surface area contributed by atoms with Gasteiger partial charge in [-0.3, -0.25) is 4.98 Å². The molecular weight excluding hydrogens is 248 g/mol. The fourth-order valence-electron chi connectivity index (χ4n) is 2.56. The van der Waals surface area contributed by atoms with Crippen molar-refractivity contribution in [2.24, 2.45) is 0 Å². The quantitative estimate of drug-likeness (QED) is 0.780. The van der Waals surface area contributed by atoms with Gasteiger partial charge in [-0.1, -0.05) is 24.3 Å². The summed E-state index contributed by atoms with van der Waals surface area (Å²) in [5.74, 6) is 0.995. The number of para-hydroxylation sites is 1. The first-order valence-electron chi connectivity index (χ1n) is 7.06. The Morgan fingerprint density at radius 1 is 1.10 bits per heavy atom. The third-order valence-electron chi connectivity index (χ3n) is 3.80. The van der Waals surface area contributed by atoms with E-state index in [0.29, 0.717) is 6.04 Å². The highest BCUT2D eigenvalue weighted by Gasteiger charge is 2.21.